The Bertz CT molecular complexity index is 1140. The zero-order valence-corrected chi connectivity index (χ0v) is 17.6. The molecule has 0 fully saturated rings. The van der Waals surface area contributed by atoms with Gasteiger partial charge in [-0.3, -0.25) is 4.79 Å². The maximum absolute atomic E-state index is 12.2. The Kier molecular flexibility index (Phi) is 6.22. The molecule has 3 aromatic rings. The zero-order valence-electron chi connectivity index (χ0n) is 17.6. The number of phenolic OH excluding ortho intramolecular Hbond substituents is 1. The molecule has 162 valence electrons. The van der Waals surface area contributed by atoms with Gasteiger partial charge in [-0.15, -0.1) is 0 Å². The maximum Gasteiger partial charge on any atom is 0.407 e. The number of fused-ring (bicyclic) bond motifs is 3. The summed E-state index contributed by atoms with van der Waals surface area (Å²) in [6.07, 6.45) is 3.50. The summed E-state index contributed by atoms with van der Waals surface area (Å²) < 4.78 is 10.6. The number of hydrogen-bond donors (Lipinski definition) is 2. The van der Waals surface area contributed by atoms with E-state index >= 15 is 0 Å². The van der Waals surface area contributed by atoms with Gasteiger partial charge in [0, 0.05) is 12.5 Å². The third kappa shape index (κ3) is 4.21. The predicted octanol–water partition coefficient (Wildman–Crippen LogP) is 4.77. The minimum Gasteiger partial charge on any atom is -0.504 e. The molecule has 1 aliphatic carbocycles. The Balaban J connectivity index is 1.34. The molecule has 6 nitrogen and oxygen atoms in total. The standard InChI is InChI=1S/C26H23NO5/c1-31-24-14-17(13-18(15-28)25(24)29)7-6-12-27-26(30)32-16-23-21-10-4-2-8-19(21)20-9-3-5-11-22(20)23/h2-11,13-15,23,29H,12,16H2,1H3,(H,27,30). The first kappa shape index (κ1) is 21.2. The number of aromatic hydroxyl groups is 1. The topological polar surface area (TPSA) is 84.9 Å². The van der Waals surface area contributed by atoms with E-state index < -0.39 is 6.09 Å². The van der Waals surface area contributed by atoms with Crippen LogP contribution in [0.5, 0.6) is 11.5 Å². The largest absolute Gasteiger partial charge is 0.504 e. The lowest BCUT2D eigenvalue weighted by molar-refractivity contribution is 0.112. The SMILES string of the molecule is COc1cc(C=CCNC(=O)OCC2c3ccccc3-c3ccccc32)cc(C=O)c1O. The van der Waals surface area contributed by atoms with Crippen molar-refractivity contribution in [3.05, 3.63) is 89.0 Å². The van der Waals surface area contributed by atoms with Crippen molar-refractivity contribution in [2.45, 2.75) is 5.92 Å². The van der Waals surface area contributed by atoms with Crippen molar-refractivity contribution in [3.8, 4) is 22.6 Å². The van der Waals surface area contributed by atoms with Gasteiger partial charge in [0.1, 0.15) is 6.61 Å². The molecule has 0 aliphatic heterocycles. The van der Waals surface area contributed by atoms with E-state index in [1.165, 1.54) is 24.3 Å². The van der Waals surface area contributed by atoms with E-state index in [1.807, 2.05) is 24.3 Å². The average molecular weight is 429 g/mol. The highest BCUT2D eigenvalue weighted by Gasteiger charge is 2.28. The van der Waals surface area contributed by atoms with E-state index in [2.05, 4.69) is 29.6 Å². The maximum atomic E-state index is 12.2. The molecule has 0 aromatic heterocycles. The number of ether oxygens (including phenoxy) is 2. The molecule has 0 atom stereocenters. The third-order valence-corrected chi connectivity index (χ3v) is 5.49. The molecular formula is C26H23NO5. The second-order valence-corrected chi connectivity index (χ2v) is 7.39. The number of phenols is 1. The molecule has 32 heavy (non-hydrogen) atoms. The monoisotopic (exact) mass is 429 g/mol. The molecule has 3 aromatic carbocycles. The zero-order chi connectivity index (χ0) is 22.5. The highest BCUT2D eigenvalue weighted by molar-refractivity contribution is 5.83. The van der Waals surface area contributed by atoms with Crippen molar-refractivity contribution in [1.29, 1.82) is 0 Å². The highest BCUT2D eigenvalue weighted by Crippen LogP contribution is 2.44. The minimum atomic E-state index is -0.506. The quantitative estimate of drug-likeness (QED) is 0.529. The summed E-state index contributed by atoms with van der Waals surface area (Å²) >= 11 is 0. The molecular weight excluding hydrogens is 406 g/mol. The van der Waals surface area contributed by atoms with Gasteiger partial charge in [-0.05, 0) is 39.9 Å². The summed E-state index contributed by atoms with van der Waals surface area (Å²) in [5.74, 6) is 0.0186. The van der Waals surface area contributed by atoms with Crippen molar-refractivity contribution >= 4 is 18.5 Å². The van der Waals surface area contributed by atoms with Crippen LogP contribution >= 0.6 is 0 Å². The van der Waals surface area contributed by atoms with Crippen LogP contribution in [-0.2, 0) is 4.74 Å². The Morgan fingerprint density at radius 3 is 2.34 bits per heavy atom. The van der Waals surface area contributed by atoms with Crippen molar-refractivity contribution in [2.75, 3.05) is 20.3 Å². The normalized spacial score (nSPS) is 12.3. The van der Waals surface area contributed by atoms with Crippen LogP contribution in [0.4, 0.5) is 4.79 Å². The molecule has 0 saturated carbocycles. The number of alkyl carbamates (subject to hydrolysis) is 1. The van der Waals surface area contributed by atoms with Gasteiger partial charge in [0.15, 0.2) is 17.8 Å². The summed E-state index contributed by atoms with van der Waals surface area (Å²) in [5, 5.41) is 12.6. The Labute approximate surface area is 186 Å². The molecule has 0 unspecified atom stereocenters. The van der Waals surface area contributed by atoms with Gasteiger partial charge in [-0.25, -0.2) is 4.79 Å². The van der Waals surface area contributed by atoms with E-state index in [1.54, 1.807) is 18.2 Å². The van der Waals surface area contributed by atoms with E-state index in [4.69, 9.17) is 9.47 Å². The van der Waals surface area contributed by atoms with Crippen LogP contribution in [0, 0.1) is 0 Å². The van der Waals surface area contributed by atoms with Crippen molar-refractivity contribution in [2.24, 2.45) is 0 Å². The number of methoxy groups -OCH3 is 1. The van der Waals surface area contributed by atoms with E-state index in [0.717, 1.165) is 11.1 Å². The lowest BCUT2D eigenvalue weighted by atomic mass is 9.98. The Hall–Kier alpha value is -4.06. The number of aldehydes is 1. The number of rotatable bonds is 7. The third-order valence-electron chi connectivity index (χ3n) is 5.49. The van der Waals surface area contributed by atoms with Crippen LogP contribution in [0.3, 0.4) is 0 Å². The number of benzene rings is 3. The van der Waals surface area contributed by atoms with Crippen LogP contribution in [-0.4, -0.2) is 37.7 Å². The van der Waals surface area contributed by atoms with E-state index in [9.17, 15) is 14.7 Å². The van der Waals surface area contributed by atoms with Crippen LogP contribution in [0.2, 0.25) is 0 Å². The predicted molar refractivity (Wildman–Crippen MR) is 122 cm³/mol. The molecule has 0 saturated heterocycles. The first-order chi connectivity index (χ1) is 15.6. The number of nitrogens with one attached hydrogen (secondary N) is 1. The molecule has 6 heteroatoms. The van der Waals surface area contributed by atoms with Crippen LogP contribution in [0.1, 0.15) is 33.0 Å². The van der Waals surface area contributed by atoms with Gasteiger partial charge in [-0.1, -0.05) is 60.7 Å². The number of hydrogen-bond acceptors (Lipinski definition) is 5. The number of carbonyl (C=O) groups is 2. The molecule has 0 heterocycles. The average Bonchev–Trinajstić information content (AvgIpc) is 3.15. The molecule has 1 aliphatic rings. The van der Waals surface area contributed by atoms with E-state index in [0.29, 0.717) is 11.8 Å². The summed E-state index contributed by atoms with van der Waals surface area (Å²) in [5.41, 5.74) is 5.48. The van der Waals surface area contributed by atoms with Gasteiger partial charge in [0.25, 0.3) is 0 Å². The summed E-state index contributed by atoms with van der Waals surface area (Å²) in [6.45, 7) is 0.498. The van der Waals surface area contributed by atoms with Gasteiger partial charge in [0.2, 0.25) is 0 Å². The lowest BCUT2D eigenvalue weighted by Crippen LogP contribution is -2.26. The van der Waals surface area contributed by atoms with Gasteiger partial charge in [-0.2, -0.15) is 0 Å². The van der Waals surface area contributed by atoms with Gasteiger partial charge in [0.05, 0.1) is 12.7 Å². The lowest BCUT2D eigenvalue weighted by Gasteiger charge is -2.14. The molecule has 0 spiro atoms. The van der Waals surface area contributed by atoms with Gasteiger partial charge < -0.3 is 19.9 Å². The summed E-state index contributed by atoms with van der Waals surface area (Å²) in [6, 6.07) is 19.5. The molecule has 1 amide bonds. The van der Waals surface area contributed by atoms with Crippen molar-refractivity contribution < 1.29 is 24.2 Å². The molecule has 4 rings (SSSR count). The molecule has 0 bridgehead atoms. The summed E-state index contributed by atoms with van der Waals surface area (Å²) in [7, 11) is 1.41. The van der Waals surface area contributed by atoms with Crippen LogP contribution in [0.15, 0.2) is 66.7 Å². The fourth-order valence-corrected chi connectivity index (χ4v) is 3.98. The first-order valence-corrected chi connectivity index (χ1v) is 10.2. The Morgan fingerprint density at radius 2 is 1.72 bits per heavy atom. The smallest absolute Gasteiger partial charge is 0.407 e. The van der Waals surface area contributed by atoms with Crippen LogP contribution < -0.4 is 10.1 Å². The number of amides is 1. The first-order valence-electron chi connectivity index (χ1n) is 10.2. The Morgan fingerprint density at radius 1 is 1.06 bits per heavy atom. The second kappa shape index (κ2) is 9.39. The molecule has 2 N–H and O–H groups in total. The van der Waals surface area contributed by atoms with E-state index in [-0.39, 0.29) is 36.1 Å². The minimum absolute atomic E-state index is 0.00918. The second-order valence-electron chi connectivity index (χ2n) is 7.39. The molecule has 0 radical (unpaired) electrons. The summed E-state index contributed by atoms with van der Waals surface area (Å²) in [4.78, 5) is 23.3. The fourth-order valence-electron chi connectivity index (χ4n) is 3.98. The van der Waals surface area contributed by atoms with Gasteiger partial charge >= 0.3 is 6.09 Å². The van der Waals surface area contributed by atoms with Crippen molar-refractivity contribution in [1.82, 2.24) is 5.32 Å². The highest BCUT2D eigenvalue weighted by atomic mass is 16.5. The fraction of sp³-hybridized carbons (Fsp3) is 0.154. The number of carbonyl (C=O) groups excluding carboxylic acids is 2. The van der Waals surface area contributed by atoms with Crippen LogP contribution in [0.25, 0.3) is 17.2 Å². The van der Waals surface area contributed by atoms with Crippen molar-refractivity contribution in [3.63, 3.8) is 0 Å².